The first-order chi connectivity index (χ1) is 13.1. The van der Waals surface area contributed by atoms with Gasteiger partial charge in [-0.05, 0) is 42.9 Å². The van der Waals surface area contributed by atoms with Crippen molar-refractivity contribution in [2.75, 3.05) is 6.54 Å². The van der Waals surface area contributed by atoms with E-state index in [4.69, 9.17) is 0 Å². The van der Waals surface area contributed by atoms with Crippen LogP contribution in [0.5, 0.6) is 0 Å². The minimum atomic E-state index is -0.557. The molecule has 27 heavy (non-hydrogen) atoms. The summed E-state index contributed by atoms with van der Waals surface area (Å²) in [6, 6.07) is 6.39. The molecule has 5 rings (SSSR count). The molecule has 1 aromatic rings. The van der Waals surface area contributed by atoms with Crippen LogP contribution in [0.25, 0.3) is 0 Å². The summed E-state index contributed by atoms with van der Waals surface area (Å²) in [5.74, 6) is 0.0616. The fourth-order valence-corrected chi connectivity index (χ4v) is 5.16. The van der Waals surface area contributed by atoms with Crippen LogP contribution in [0, 0.1) is 5.92 Å². The molecule has 2 saturated heterocycles. The summed E-state index contributed by atoms with van der Waals surface area (Å²) in [5.41, 5.74) is 2.69. The summed E-state index contributed by atoms with van der Waals surface area (Å²) < 4.78 is 0. The van der Waals surface area contributed by atoms with E-state index >= 15 is 0 Å². The molecule has 0 spiro atoms. The van der Waals surface area contributed by atoms with Gasteiger partial charge in [0, 0.05) is 37.2 Å². The van der Waals surface area contributed by atoms with Crippen LogP contribution in [-0.4, -0.2) is 47.3 Å². The number of nitrogens with zero attached hydrogens (tertiary/aromatic N) is 1. The Morgan fingerprint density at radius 2 is 2.07 bits per heavy atom. The summed E-state index contributed by atoms with van der Waals surface area (Å²) in [7, 11) is 0. The van der Waals surface area contributed by atoms with Crippen molar-refractivity contribution < 1.29 is 14.4 Å². The van der Waals surface area contributed by atoms with Crippen molar-refractivity contribution in [3.63, 3.8) is 0 Å². The van der Waals surface area contributed by atoms with Gasteiger partial charge in [0.25, 0.3) is 5.91 Å². The number of rotatable bonds is 4. The van der Waals surface area contributed by atoms with E-state index in [1.807, 2.05) is 18.2 Å². The van der Waals surface area contributed by atoms with Crippen molar-refractivity contribution in [3.05, 3.63) is 34.9 Å². The van der Waals surface area contributed by atoms with Crippen LogP contribution in [0.4, 0.5) is 0 Å². The summed E-state index contributed by atoms with van der Waals surface area (Å²) >= 11 is 0. The Labute approximate surface area is 157 Å². The van der Waals surface area contributed by atoms with Crippen LogP contribution in [0.1, 0.15) is 47.2 Å². The van der Waals surface area contributed by atoms with Gasteiger partial charge in [-0.15, -0.1) is 0 Å². The molecule has 1 aromatic carbocycles. The van der Waals surface area contributed by atoms with Gasteiger partial charge in [0.15, 0.2) is 0 Å². The molecule has 1 aliphatic carbocycles. The molecule has 3 N–H and O–H groups in total. The lowest BCUT2D eigenvalue weighted by Crippen LogP contribution is -2.52. The van der Waals surface area contributed by atoms with Crippen molar-refractivity contribution in [1.29, 1.82) is 0 Å². The minimum absolute atomic E-state index is 0.0945. The average Bonchev–Trinajstić information content (AvgIpc) is 3.35. The first-order valence-corrected chi connectivity index (χ1v) is 9.82. The van der Waals surface area contributed by atoms with Gasteiger partial charge in [0.1, 0.15) is 6.04 Å². The zero-order chi connectivity index (χ0) is 18.5. The van der Waals surface area contributed by atoms with Gasteiger partial charge in [-0.3, -0.25) is 19.7 Å². The lowest BCUT2D eigenvalue weighted by Gasteiger charge is -2.29. The van der Waals surface area contributed by atoms with E-state index in [-0.39, 0.29) is 24.1 Å². The summed E-state index contributed by atoms with van der Waals surface area (Å²) in [4.78, 5) is 38.3. The van der Waals surface area contributed by atoms with Crippen LogP contribution in [0.3, 0.4) is 0 Å². The van der Waals surface area contributed by atoms with Gasteiger partial charge in [0.05, 0.1) is 0 Å². The van der Waals surface area contributed by atoms with Gasteiger partial charge < -0.3 is 15.5 Å². The number of carbonyl (C=O) groups excluding carboxylic acids is 3. The van der Waals surface area contributed by atoms with Crippen LogP contribution < -0.4 is 16.0 Å². The van der Waals surface area contributed by atoms with Crippen LogP contribution >= 0.6 is 0 Å². The average molecular weight is 368 g/mol. The lowest BCUT2D eigenvalue weighted by molar-refractivity contribution is -0.136. The standard InChI is InChI=1S/C20H24N4O3/c25-17-5-4-16(19(26)23-17)24-10-13-3-1-2-12(18(13)20(24)27)9-22-15-7-11-6-14(15)21-8-11/h1-3,11,14-16,21-22H,4-10H2,(H,23,25,26)/t11-,14+,15+,16?/m0/s1. The molecule has 1 saturated carbocycles. The molecule has 4 aliphatic rings. The number of benzene rings is 1. The Hall–Kier alpha value is -2.25. The highest BCUT2D eigenvalue weighted by Crippen LogP contribution is 2.33. The highest BCUT2D eigenvalue weighted by molar-refractivity contribution is 6.05. The molecular formula is C20H24N4O3. The number of carbonyl (C=O) groups is 3. The molecule has 7 nitrogen and oxygen atoms in total. The Kier molecular flexibility index (Phi) is 4.02. The summed E-state index contributed by atoms with van der Waals surface area (Å²) in [6.45, 7) is 2.22. The molecule has 4 atom stereocenters. The number of imide groups is 1. The van der Waals surface area contributed by atoms with E-state index < -0.39 is 6.04 Å². The highest BCUT2D eigenvalue weighted by Gasteiger charge is 2.41. The number of piperidine rings is 2. The second-order valence-corrected chi connectivity index (χ2v) is 8.19. The van der Waals surface area contributed by atoms with Gasteiger partial charge in [-0.1, -0.05) is 18.2 Å². The number of hydrogen-bond acceptors (Lipinski definition) is 5. The van der Waals surface area contributed by atoms with Crippen molar-refractivity contribution in [3.8, 4) is 0 Å². The molecule has 3 aliphatic heterocycles. The molecule has 142 valence electrons. The fraction of sp³-hybridized carbons (Fsp3) is 0.550. The number of nitrogens with one attached hydrogen (secondary N) is 3. The van der Waals surface area contributed by atoms with Gasteiger partial charge in [0.2, 0.25) is 11.8 Å². The van der Waals surface area contributed by atoms with E-state index in [1.54, 1.807) is 4.90 Å². The third kappa shape index (κ3) is 2.85. The van der Waals surface area contributed by atoms with E-state index in [2.05, 4.69) is 16.0 Å². The molecule has 0 aromatic heterocycles. The zero-order valence-electron chi connectivity index (χ0n) is 15.2. The zero-order valence-corrected chi connectivity index (χ0v) is 15.2. The second kappa shape index (κ2) is 6.42. The third-order valence-corrected chi connectivity index (χ3v) is 6.52. The topological polar surface area (TPSA) is 90.5 Å². The number of hydrogen-bond donors (Lipinski definition) is 3. The Balaban J connectivity index is 1.32. The Morgan fingerprint density at radius 1 is 1.19 bits per heavy atom. The second-order valence-electron chi connectivity index (χ2n) is 8.19. The first kappa shape index (κ1) is 16.9. The number of fused-ring (bicyclic) bond motifs is 3. The maximum Gasteiger partial charge on any atom is 0.255 e. The van der Waals surface area contributed by atoms with E-state index in [1.165, 1.54) is 12.8 Å². The van der Waals surface area contributed by atoms with Gasteiger partial charge in [-0.2, -0.15) is 0 Å². The van der Waals surface area contributed by atoms with E-state index in [9.17, 15) is 14.4 Å². The molecular weight excluding hydrogens is 344 g/mol. The van der Waals surface area contributed by atoms with Gasteiger partial charge in [-0.25, -0.2) is 0 Å². The molecule has 3 heterocycles. The molecule has 3 amide bonds. The van der Waals surface area contributed by atoms with E-state index in [0.29, 0.717) is 31.6 Å². The first-order valence-electron chi connectivity index (χ1n) is 9.82. The van der Waals surface area contributed by atoms with Crippen molar-refractivity contribution in [1.82, 2.24) is 20.9 Å². The summed E-state index contributed by atoms with van der Waals surface area (Å²) in [6.07, 6.45) is 3.12. The van der Waals surface area contributed by atoms with Crippen LogP contribution in [0.2, 0.25) is 0 Å². The maximum atomic E-state index is 13.1. The van der Waals surface area contributed by atoms with Crippen molar-refractivity contribution in [2.45, 2.75) is 56.9 Å². The lowest BCUT2D eigenvalue weighted by atomic mass is 10.0. The predicted octanol–water partition coefficient (Wildman–Crippen LogP) is 0.288. The van der Waals surface area contributed by atoms with Crippen molar-refractivity contribution in [2.24, 2.45) is 5.92 Å². The third-order valence-electron chi connectivity index (χ3n) is 6.52. The molecule has 1 unspecified atom stereocenters. The SMILES string of the molecule is O=C1CCC(N2Cc3cccc(CN[C@@H]4C[C@H]5CN[C@@H]4C5)c3C2=O)C(=O)N1. The Morgan fingerprint density at radius 3 is 2.81 bits per heavy atom. The molecule has 0 radical (unpaired) electrons. The quantitative estimate of drug-likeness (QED) is 0.665. The molecule has 7 heteroatoms. The largest absolute Gasteiger partial charge is 0.322 e. The number of amides is 3. The normalized spacial score (nSPS) is 32.1. The highest BCUT2D eigenvalue weighted by atomic mass is 16.2. The fourth-order valence-electron chi connectivity index (χ4n) is 5.16. The van der Waals surface area contributed by atoms with Crippen LogP contribution in [-0.2, 0) is 22.7 Å². The minimum Gasteiger partial charge on any atom is -0.322 e. The van der Waals surface area contributed by atoms with Crippen LogP contribution in [0.15, 0.2) is 18.2 Å². The molecule has 3 fully saturated rings. The van der Waals surface area contributed by atoms with Crippen molar-refractivity contribution >= 4 is 17.7 Å². The predicted molar refractivity (Wildman–Crippen MR) is 97.6 cm³/mol. The monoisotopic (exact) mass is 368 g/mol. The van der Waals surface area contributed by atoms with E-state index in [0.717, 1.165) is 29.2 Å². The van der Waals surface area contributed by atoms with Gasteiger partial charge >= 0.3 is 0 Å². The smallest absolute Gasteiger partial charge is 0.255 e. The molecule has 2 bridgehead atoms. The Bertz CT molecular complexity index is 823. The summed E-state index contributed by atoms with van der Waals surface area (Å²) in [5, 5.41) is 9.54. The maximum absolute atomic E-state index is 13.1.